The van der Waals surface area contributed by atoms with E-state index < -0.39 is 11.8 Å². The van der Waals surface area contributed by atoms with Crippen LogP contribution in [0.25, 0.3) is 21.8 Å². The summed E-state index contributed by atoms with van der Waals surface area (Å²) in [6.45, 7) is 1.41. The number of carbonyl (C=O) groups is 2. The Kier molecular flexibility index (Phi) is 4.74. The van der Waals surface area contributed by atoms with Gasteiger partial charge in [-0.1, -0.05) is 48.5 Å². The number of rotatable bonds is 5. The molecule has 6 nitrogen and oxygen atoms in total. The van der Waals surface area contributed by atoms with E-state index in [0.29, 0.717) is 6.61 Å². The van der Waals surface area contributed by atoms with Crippen LogP contribution in [-0.4, -0.2) is 21.4 Å². The van der Waals surface area contributed by atoms with Crippen molar-refractivity contribution in [3.05, 3.63) is 101 Å². The van der Waals surface area contributed by atoms with Gasteiger partial charge in [-0.3, -0.25) is 14.9 Å². The number of imide groups is 1. The standard InChI is InChI=1S/C30H25N3O3/c34-29-26(23-15-31-25-14-20(11-12-21(23)25)36-17-18-6-2-1-3-7-18)27(30(35)32-29)24-16-33-13-5-9-19-8-4-10-22(24)28(19)33/h1-4,6-8,10-12,14-16,26-27,31H,5,9,13,17H2,(H,32,34,35)/t26-,27-/m1/s1. The number of nitrogens with zero attached hydrogens (tertiary/aromatic N) is 1. The van der Waals surface area contributed by atoms with Crippen LogP contribution < -0.4 is 10.1 Å². The number of aromatic amines is 1. The van der Waals surface area contributed by atoms with Crippen LogP contribution in [-0.2, 0) is 29.2 Å². The SMILES string of the molecule is O=C1NC(=O)[C@H](c2cn3c4c(cccc24)CCC3)[C@H]1c1c[nH]c2cc(OCc3ccccc3)ccc12. The molecule has 2 aliphatic heterocycles. The number of aromatic nitrogens is 2. The lowest BCUT2D eigenvalue weighted by atomic mass is 9.83. The van der Waals surface area contributed by atoms with Crippen molar-refractivity contribution in [3.8, 4) is 5.75 Å². The number of benzene rings is 3. The van der Waals surface area contributed by atoms with E-state index in [1.54, 1.807) is 0 Å². The van der Waals surface area contributed by atoms with Crippen LogP contribution in [0.4, 0.5) is 0 Å². The van der Waals surface area contributed by atoms with Crippen molar-refractivity contribution in [2.24, 2.45) is 0 Å². The number of hydrogen-bond donors (Lipinski definition) is 2. The van der Waals surface area contributed by atoms with E-state index in [9.17, 15) is 9.59 Å². The lowest BCUT2D eigenvalue weighted by molar-refractivity contribution is -0.125. The van der Waals surface area contributed by atoms with Gasteiger partial charge >= 0.3 is 0 Å². The molecule has 0 aliphatic carbocycles. The van der Waals surface area contributed by atoms with Crippen molar-refractivity contribution in [1.82, 2.24) is 14.9 Å². The molecule has 2 aliphatic rings. The first-order chi connectivity index (χ1) is 17.7. The third-order valence-corrected chi connectivity index (χ3v) is 7.61. The van der Waals surface area contributed by atoms with Gasteiger partial charge in [-0.2, -0.15) is 0 Å². The van der Waals surface area contributed by atoms with E-state index in [1.165, 1.54) is 11.1 Å². The number of H-pyrrole nitrogens is 1. The molecule has 1 fully saturated rings. The van der Waals surface area contributed by atoms with Crippen LogP contribution in [0.5, 0.6) is 5.75 Å². The fourth-order valence-corrected chi connectivity index (χ4v) is 5.97. The molecule has 2 aromatic heterocycles. The Morgan fingerprint density at radius 3 is 2.58 bits per heavy atom. The van der Waals surface area contributed by atoms with Gasteiger partial charge in [0.05, 0.1) is 17.4 Å². The second kappa shape index (κ2) is 8.12. The molecule has 0 radical (unpaired) electrons. The molecule has 7 rings (SSSR count). The zero-order valence-corrected chi connectivity index (χ0v) is 19.7. The lowest BCUT2D eigenvalue weighted by Crippen LogP contribution is -2.21. The maximum absolute atomic E-state index is 13.2. The summed E-state index contributed by atoms with van der Waals surface area (Å²) in [5, 5.41) is 4.61. The van der Waals surface area contributed by atoms with Gasteiger partial charge in [0.25, 0.3) is 0 Å². The van der Waals surface area contributed by atoms with Crippen LogP contribution in [0.1, 0.15) is 40.5 Å². The minimum absolute atomic E-state index is 0.231. The fraction of sp³-hybridized carbons (Fsp3) is 0.200. The smallest absolute Gasteiger partial charge is 0.235 e. The van der Waals surface area contributed by atoms with E-state index in [2.05, 4.69) is 39.3 Å². The Balaban J connectivity index is 1.26. The molecule has 1 saturated heterocycles. The molecule has 0 unspecified atom stereocenters. The fourth-order valence-electron chi connectivity index (χ4n) is 5.97. The minimum atomic E-state index is -0.592. The maximum Gasteiger partial charge on any atom is 0.235 e. The zero-order valence-electron chi connectivity index (χ0n) is 19.7. The monoisotopic (exact) mass is 475 g/mol. The number of para-hydroxylation sites is 1. The molecule has 2 amide bonds. The van der Waals surface area contributed by atoms with E-state index in [4.69, 9.17) is 4.74 Å². The highest BCUT2D eigenvalue weighted by Crippen LogP contribution is 2.44. The molecule has 0 bridgehead atoms. The predicted octanol–water partition coefficient (Wildman–Crippen LogP) is 5.17. The quantitative estimate of drug-likeness (QED) is 0.344. The average molecular weight is 476 g/mol. The topological polar surface area (TPSA) is 76.1 Å². The summed E-state index contributed by atoms with van der Waals surface area (Å²) >= 11 is 0. The van der Waals surface area contributed by atoms with Crippen molar-refractivity contribution in [1.29, 1.82) is 0 Å². The number of amides is 2. The molecule has 6 heteroatoms. The number of ether oxygens (including phenoxy) is 1. The highest BCUT2D eigenvalue weighted by Gasteiger charge is 2.45. The van der Waals surface area contributed by atoms with Gasteiger partial charge in [0.1, 0.15) is 12.4 Å². The third kappa shape index (κ3) is 3.25. The second-order valence-electron chi connectivity index (χ2n) is 9.73. The maximum atomic E-state index is 13.2. The summed E-state index contributed by atoms with van der Waals surface area (Å²) in [4.78, 5) is 29.6. The average Bonchev–Trinajstić information content (AvgIpc) is 3.57. The van der Waals surface area contributed by atoms with E-state index in [-0.39, 0.29) is 11.8 Å². The van der Waals surface area contributed by atoms with Gasteiger partial charge in [-0.15, -0.1) is 0 Å². The van der Waals surface area contributed by atoms with Crippen LogP contribution in [0, 0.1) is 0 Å². The summed E-state index contributed by atoms with van der Waals surface area (Å²) in [7, 11) is 0. The summed E-state index contributed by atoms with van der Waals surface area (Å²) in [5.41, 5.74) is 6.24. The van der Waals surface area contributed by atoms with Gasteiger partial charge in [-0.05, 0) is 47.2 Å². The zero-order chi connectivity index (χ0) is 24.2. The largest absolute Gasteiger partial charge is 0.489 e. The van der Waals surface area contributed by atoms with Crippen molar-refractivity contribution in [3.63, 3.8) is 0 Å². The molecule has 36 heavy (non-hydrogen) atoms. The molecular weight excluding hydrogens is 450 g/mol. The van der Waals surface area contributed by atoms with Crippen molar-refractivity contribution in [2.45, 2.75) is 37.8 Å². The molecule has 3 aromatic carbocycles. The van der Waals surface area contributed by atoms with Gasteiger partial charge in [0, 0.05) is 41.3 Å². The summed E-state index contributed by atoms with van der Waals surface area (Å²) in [5.74, 6) is -0.890. The lowest BCUT2D eigenvalue weighted by Gasteiger charge is -2.15. The molecular formula is C30H25N3O3. The van der Waals surface area contributed by atoms with Gasteiger partial charge in [0.2, 0.25) is 11.8 Å². The third-order valence-electron chi connectivity index (χ3n) is 7.61. The van der Waals surface area contributed by atoms with Crippen molar-refractivity contribution >= 4 is 33.6 Å². The molecule has 4 heterocycles. The Hall–Kier alpha value is -4.32. The Morgan fingerprint density at radius 1 is 0.889 bits per heavy atom. The normalized spacial score (nSPS) is 19.2. The van der Waals surface area contributed by atoms with E-state index in [1.807, 2.05) is 54.7 Å². The Labute approximate surface area is 207 Å². The first-order valence-corrected chi connectivity index (χ1v) is 12.4. The number of fused-ring (bicyclic) bond motifs is 1. The number of nitrogens with one attached hydrogen (secondary N) is 2. The molecule has 2 N–H and O–H groups in total. The summed E-state index contributed by atoms with van der Waals surface area (Å²) in [6, 6.07) is 22.2. The van der Waals surface area contributed by atoms with Gasteiger partial charge in [-0.25, -0.2) is 0 Å². The second-order valence-corrected chi connectivity index (χ2v) is 9.73. The number of aryl methyl sites for hydroxylation is 2. The van der Waals surface area contributed by atoms with Crippen LogP contribution in [0.3, 0.4) is 0 Å². The number of hydrogen-bond acceptors (Lipinski definition) is 3. The predicted molar refractivity (Wildman–Crippen MR) is 138 cm³/mol. The minimum Gasteiger partial charge on any atom is -0.489 e. The molecule has 0 spiro atoms. The van der Waals surface area contributed by atoms with E-state index in [0.717, 1.165) is 58.1 Å². The van der Waals surface area contributed by atoms with E-state index >= 15 is 0 Å². The summed E-state index contributed by atoms with van der Waals surface area (Å²) in [6.07, 6.45) is 6.07. The number of carbonyl (C=O) groups excluding carboxylic acids is 2. The molecule has 5 aromatic rings. The molecule has 2 atom stereocenters. The summed E-state index contributed by atoms with van der Waals surface area (Å²) < 4.78 is 8.24. The van der Waals surface area contributed by atoms with Crippen molar-refractivity contribution in [2.75, 3.05) is 0 Å². The first kappa shape index (κ1) is 21.0. The highest BCUT2D eigenvalue weighted by atomic mass is 16.5. The molecule has 178 valence electrons. The van der Waals surface area contributed by atoms with Crippen LogP contribution >= 0.6 is 0 Å². The first-order valence-electron chi connectivity index (χ1n) is 12.4. The Morgan fingerprint density at radius 2 is 1.72 bits per heavy atom. The van der Waals surface area contributed by atoms with Crippen molar-refractivity contribution < 1.29 is 14.3 Å². The van der Waals surface area contributed by atoms with Crippen LogP contribution in [0.15, 0.2) is 79.1 Å². The Bertz CT molecular complexity index is 1650. The molecule has 0 saturated carbocycles. The van der Waals surface area contributed by atoms with Crippen LogP contribution in [0.2, 0.25) is 0 Å². The van der Waals surface area contributed by atoms with Gasteiger partial charge in [0.15, 0.2) is 0 Å². The highest BCUT2D eigenvalue weighted by molar-refractivity contribution is 6.13. The van der Waals surface area contributed by atoms with Gasteiger partial charge < -0.3 is 14.3 Å².